The van der Waals surface area contributed by atoms with E-state index >= 15 is 0 Å². The zero-order valence-corrected chi connectivity index (χ0v) is 17.6. The maximum absolute atomic E-state index is 10.8. The number of aryl methyl sites for hydroxylation is 2. The van der Waals surface area contributed by atoms with Crippen LogP contribution < -0.4 is 5.32 Å². The number of carboxylic acid groups (broad SMARTS) is 1. The Balaban J connectivity index is 1.71. The van der Waals surface area contributed by atoms with Gasteiger partial charge in [0, 0.05) is 16.4 Å². The number of hydrogen-bond donors (Lipinski definition) is 2. The minimum absolute atomic E-state index is 0.383. The van der Waals surface area contributed by atoms with Crippen molar-refractivity contribution in [2.24, 2.45) is 0 Å². The molecular formula is C21H22ClN3O3S. The number of ether oxygens (including phenoxy) is 1. The minimum Gasteiger partial charge on any atom is -0.480 e. The number of carbonyl (C=O) groups is 1. The third kappa shape index (κ3) is 4.37. The Morgan fingerprint density at radius 2 is 2.10 bits per heavy atom. The van der Waals surface area contributed by atoms with Gasteiger partial charge in [0.15, 0.2) is 5.82 Å². The molecule has 152 valence electrons. The number of halogens is 1. The van der Waals surface area contributed by atoms with E-state index in [9.17, 15) is 4.79 Å². The molecule has 0 fully saturated rings. The number of anilines is 1. The van der Waals surface area contributed by atoms with Crippen molar-refractivity contribution in [1.29, 1.82) is 0 Å². The van der Waals surface area contributed by atoms with Crippen molar-refractivity contribution in [3.63, 3.8) is 0 Å². The molecule has 1 unspecified atom stereocenters. The molecule has 29 heavy (non-hydrogen) atoms. The van der Waals surface area contributed by atoms with Gasteiger partial charge in [-0.2, -0.15) is 0 Å². The van der Waals surface area contributed by atoms with Gasteiger partial charge in [-0.1, -0.05) is 29.8 Å². The van der Waals surface area contributed by atoms with Crippen molar-refractivity contribution in [2.75, 3.05) is 11.9 Å². The molecule has 2 N–H and O–H groups in total. The van der Waals surface area contributed by atoms with E-state index in [1.54, 1.807) is 18.3 Å². The first-order valence-corrected chi connectivity index (χ1v) is 10.8. The van der Waals surface area contributed by atoms with Gasteiger partial charge in [-0.15, -0.1) is 11.3 Å². The molecule has 8 heteroatoms. The third-order valence-corrected chi connectivity index (χ3v) is 6.61. The van der Waals surface area contributed by atoms with Gasteiger partial charge >= 0.3 is 5.97 Å². The molecule has 0 amide bonds. The highest BCUT2D eigenvalue weighted by molar-refractivity contribution is 7.19. The fourth-order valence-corrected chi connectivity index (χ4v) is 5.05. The summed E-state index contributed by atoms with van der Waals surface area (Å²) in [5.74, 6) is 0.232. The van der Waals surface area contributed by atoms with E-state index in [0.717, 1.165) is 34.4 Å². The van der Waals surface area contributed by atoms with Gasteiger partial charge in [0.2, 0.25) is 0 Å². The average molecular weight is 432 g/mol. The smallest absolute Gasteiger partial charge is 0.329 e. The van der Waals surface area contributed by atoms with Crippen molar-refractivity contribution in [1.82, 2.24) is 9.97 Å². The lowest BCUT2D eigenvalue weighted by Crippen LogP contribution is -2.13. The lowest BCUT2D eigenvalue weighted by molar-refractivity contribution is -0.144. The first-order valence-electron chi connectivity index (χ1n) is 9.65. The molecule has 3 aromatic rings. The van der Waals surface area contributed by atoms with Crippen molar-refractivity contribution in [3.8, 4) is 0 Å². The molecule has 1 aliphatic carbocycles. The molecule has 0 saturated heterocycles. The summed E-state index contributed by atoms with van der Waals surface area (Å²) < 4.78 is 5.41. The Hall–Kier alpha value is -2.22. The number of nitrogens with one attached hydrogen (secondary N) is 1. The summed E-state index contributed by atoms with van der Waals surface area (Å²) in [6.45, 7) is 1.93. The number of nitrogens with zero attached hydrogens (tertiary/aromatic N) is 2. The normalized spacial score (nSPS) is 14.6. The number of fused-ring (bicyclic) bond motifs is 3. The van der Waals surface area contributed by atoms with E-state index in [0.29, 0.717) is 17.4 Å². The second kappa shape index (κ2) is 8.65. The van der Waals surface area contributed by atoms with E-state index in [4.69, 9.17) is 31.4 Å². The van der Waals surface area contributed by atoms with Gasteiger partial charge in [-0.05, 0) is 49.8 Å². The first-order chi connectivity index (χ1) is 14.0. The molecule has 1 atom stereocenters. The fraction of sp³-hybridized carbons (Fsp3) is 0.381. The molecule has 1 aromatic carbocycles. The van der Waals surface area contributed by atoms with Crippen LogP contribution in [-0.4, -0.2) is 27.7 Å². The van der Waals surface area contributed by atoms with Gasteiger partial charge in [0.25, 0.3) is 0 Å². The van der Waals surface area contributed by atoms with Crippen LogP contribution in [0.2, 0.25) is 5.02 Å². The minimum atomic E-state index is -1.01. The highest BCUT2D eigenvalue weighted by Crippen LogP contribution is 2.39. The van der Waals surface area contributed by atoms with Crippen molar-refractivity contribution in [3.05, 3.63) is 51.1 Å². The van der Waals surface area contributed by atoms with E-state index in [1.807, 2.05) is 24.3 Å². The quantitative estimate of drug-likeness (QED) is 0.547. The highest BCUT2D eigenvalue weighted by atomic mass is 35.5. The second-order valence-electron chi connectivity index (χ2n) is 7.11. The van der Waals surface area contributed by atoms with Crippen LogP contribution in [0.3, 0.4) is 0 Å². The molecule has 2 aromatic heterocycles. The summed E-state index contributed by atoms with van der Waals surface area (Å²) in [5, 5.41) is 14.1. The summed E-state index contributed by atoms with van der Waals surface area (Å²) in [6, 6.07) is 7.71. The molecule has 0 spiro atoms. The van der Waals surface area contributed by atoms with Gasteiger partial charge < -0.3 is 15.2 Å². The lowest BCUT2D eigenvalue weighted by Gasteiger charge is -2.15. The van der Waals surface area contributed by atoms with E-state index < -0.39 is 12.1 Å². The number of rotatable bonds is 7. The van der Waals surface area contributed by atoms with Gasteiger partial charge in [-0.25, -0.2) is 14.8 Å². The van der Waals surface area contributed by atoms with Crippen LogP contribution in [0.1, 0.15) is 47.7 Å². The van der Waals surface area contributed by atoms with Gasteiger partial charge in [-0.3, -0.25) is 0 Å². The number of aromatic nitrogens is 2. The monoisotopic (exact) mass is 431 g/mol. The van der Waals surface area contributed by atoms with E-state index in [-0.39, 0.29) is 6.61 Å². The molecular weight excluding hydrogens is 410 g/mol. The number of thiophene rings is 1. The number of benzene rings is 1. The third-order valence-electron chi connectivity index (χ3n) is 5.06. The number of carboxylic acids is 1. The van der Waals surface area contributed by atoms with Crippen molar-refractivity contribution in [2.45, 2.75) is 45.3 Å². The summed E-state index contributed by atoms with van der Waals surface area (Å²) in [5.41, 5.74) is 2.32. The van der Waals surface area contributed by atoms with Crippen LogP contribution in [0.4, 0.5) is 5.82 Å². The Morgan fingerprint density at radius 1 is 1.31 bits per heavy atom. The maximum Gasteiger partial charge on any atom is 0.329 e. The van der Waals surface area contributed by atoms with Crippen LogP contribution in [-0.2, 0) is 28.9 Å². The number of aliphatic carboxylic acids is 1. The predicted octanol–water partition coefficient (Wildman–Crippen LogP) is 5.00. The molecule has 2 heterocycles. The van der Waals surface area contributed by atoms with Gasteiger partial charge in [0.05, 0.1) is 5.39 Å². The zero-order chi connectivity index (χ0) is 20.4. The molecule has 0 bridgehead atoms. The van der Waals surface area contributed by atoms with Gasteiger partial charge in [0.1, 0.15) is 23.4 Å². The fourth-order valence-electron chi connectivity index (χ4n) is 3.58. The van der Waals surface area contributed by atoms with Crippen molar-refractivity contribution < 1.29 is 14.6 Å². The zero-order valence-electron chi connectivity index (χ0n) is 16.1. The predicted molar refractivity (Wildman–Crippen MR) is 115 cm³/mol. The first kappa shape index (κ1) is 20.1. The Morgan fingerprint density at radius 3 is 2.90 bits per heavy atom. The lowest BCUT2D eigenvalue weighted by atomic mass is 9.97. The largest absolute Gasteiger partial charge is 0.480 e. The van der Waals surface area contributed by atoms with Crippen molar-refractivity contribution >= 4 is 44.9 Å². The molecule has 0 radical (unpaired) electrons. The molecule has 0 aliphatic heterocycles. The Labute approximate surface area is 177 Å². The number of hydrogen-bond acceptors (Lipinski definition) is 6. The van der Waals surface area contributed by atoms with Crippen LogP contribution in [0, 0.1) is 0 Å². The summed E-state index contributed by atoms with van der Waals surface area (Å²) in [6.07, 6.45) is 3.95. The Kier molecular flexibility index (Phi) is 5.99. The highest BCUT2D eigenvalue weighted by Gasteiger charge is 2.23. The van der Waals surface area contributed by atoms with Crippen LogP contribution >= 0.6 is 22.9 Å². The average Bonchev–Trinajstić information content (AvgIpc) is 3.09. The van der Waals surface area contributed by atoms with Crippen LogP contribution in [0.5, 0.6) is 0 Å². The molecule has 6 nitrogen and oxygen atoms in total. The Bertz CT molecular complexity index is 1050. The summed E-state index contributed by atoms with van der Waals surface area (Å²) in [7, 11) is 0. The molecule has 0 saturated carbocycles. The van der Waals surface area contributed by atoms with Crippen LogP contribution in [0.25, 0.3) is 10.2 Å². The topological polar surface area (TPSA) is 84.3 Å². The van der Waals surface area contributed by atoms with Crippen LogP contribution in [0.15, 0.2) is 24.3 Å². The van der Waals surface area contributed by atoms with E-state index in [1.165, 1.54) is 23.3 Å². The SMILES string of the molecule is CC(OCC(=O)O)c1nc(NCc2ccccc2Cl)c2c3c(sc2n1)CCCC3. The van der Waals surface area contributed by atoms with E-state index in [2.05, 4.69) is 5.32 Å². The summed E-state index contributed by atoms with van der Waals surface area (Å²) in [4.78, 5) is 22.6. The summed E-state index contributed by atoms with van der Waals surface area (Å²) >= 11 is 8.01. The maximum atomic E-state index is 10.8. The molecule has 4 rings (SSSR count). The standard InChI is InChI=1S/C21H22ClN3O3S/c1-12(28-11-17(26)27)19-24-20(23-10-13-6-2-4-8-15(13)22)18-14-7-3-5-9-16(14)29-21(18)25-19/h2,4,6,8,12H,3,5,7,9-11H2,1H3,(H,26,27)(H,23,24,25). The second-order valence-corrected chi connectivity index (χ2v) is 8.60. The molecule has 1 aliphatic rings.